The van der Waals surface area contributed by atoms with Crippen LogP contribution in [0.15, 0.2) is 79.1 Å². The van der Waals surface area contributed by atoms with Gasteiger partial charge in [0.05, 0.1) is 6.10 Å². The molecule has 0 aliphatic heterocycles. The molecule has 4 N–H and O–H groups in total. The van der Waals surface area contributed by atoms with Crippen molar-refractivity contribution < 1.29 is 13.5 Å². The van der Waals surface area contributed by atoms with Gasteiger partial charge in [-0.05, 0) is 69.9 Å². The van der Waals surface area contributed by atoms with Crippen LogP contribution in [0, 0.1) is 0 Å². The normalized spacial score (nSPS) is 13.4. The molecule has 2 aromatic carbocycles. The Morgan fingerprint density at radius 3 is 2.11 bits per heavy atom. The first-order chi connectivity index (χ1) is 16.4. The average Bonchev–Trinajstić information content (AvgIpc) is 2.78. The van der Waals surface area contributed by atoms with Gasteiger partial charge in [0.25, 0.3) is 10.2 Å². The second kappa shape index (κ2) is 11.3. The minimum Gasteiger partial charge on any atom is -0.387 e. The third kappa shape index (κ3) is 9.07. The molecule has 0 saturated carbocycles. The van der Waals surface area contributed by atoms with E-state index in [4.69, 9.17) is 0 Å². The summed E-state index contributed by atoms with van der Waals surface area (Å²) < 4.78 is 30.8. The Morgan fingerprint density at radius 1 is 0.857 bits per heavy atom. The summed E-state index contributed by atoms with van der Waals surface area (Å²) in [5.74, 6) is 0. The summed E-state index contributed by atoms with van der Waals surface area (Å²) >= 11 is 0. The second-order valence-corrected chi connectivity index (χ2v) is 11.6. The number of pyridine rings is 1. The molecule has 188 valence electrons. The van der Waals surface area contributed by atoms with Gasteiger partial charge in [-0.3, -0.25) is 9.71 Å². The van der Waals surface area contributed by atoms with Crippen LogP contribution in [-0.4, -0.2) is 36.1 Å². The number of aromatic nitrogens is 1. The van der Waals surface area contributed by atoms with Crippen LogP contribution in [-0.2, 0) is 23.1 Å². The molecule has 0 amide bonds. The van der Waals surface area contributed by atoms with Crippen LogP contribution >= 0.6 is 0 Å². The number of hydrogen-bond acceptors (Lipinski definition) is 5. The molecular weight excluding hydrogens is 460 g/mol. The monoisotopic (exact) mass is 496 g/mol. The zero-order valence-corrected chi connectivity index (χ0v) is 21.6. The van der Waals surface area contributed by atoms with Crippen molar-refractivity contribution in [3.8, 4) is 0 Å². The van der Waals surface area contributed by atoms with Crippen molar-refractivity contribution in [1.82, 2.24) is 15.0 Å². The van der Waals surface area contributed by atoms with Crippen LogP contribution in [0.5, 0.6) is 0 Å². The van der Waals surface area contributed by atoms with E-state index in [9.17, 15) is 13.5 Å². The van der Waals surface area contributed by atoms with Crippen LogP contribution in [0.2, 0.25) is 0 Å². The molecule has 1 heterocycles. The van der Waals surface area contributed by atoms with Gasteiger partial charge in [-0.2, -0.15) is 13.1 Å². The van der Waals surface area contributed by atoms with Gasteiger partial charge in [0.1, 0.15) is 0 Å². The van der Waals surface area contributed by atoms with Gasteiger partial charge >= 0.3 is 0 Å². The first kappa shape index (κ1) is 26.8. The molecule has 1 unspecified atom stereocenters. The molecule has 3 rings (SSSR count). The van der Waals surface area contributed by atoms with E-state index in [0.29, 0.717) is 25.1 Å². The average molecular weight is 497 g/mol. The first-order valence-electron chi connectivity index (χ1n) is 11.7. The maximum absolute atomic E-state index is 12.7. The van der Waals surface area contributed by atoms with Crippen LogP contribution in [0.25, 0.3) is 0 Å². The molecule has 0 fully saturated rings. The van der Waals surface area contributed by atoms with Gasteiger partial charge in [-0.25, -0.2) is 0 Å². The number of aliphatic hydroxyl groups excluding tert-OH is 1. The summed E-state index contributed by atoms with van der Waals surface area (Å²) in [5, 5.41) is 13.8. The highest BCUT2D eigenvalue weighted by atomic mass is 32.2. The van der Waals surface area contributed by atoms with E-state index in [1.807, 2.05) is 62.4 Å². The molecule has 3 aromatic rings. The van der Waals surface area contributed by atoms with Gasteiger partial charge < -0.3 is 10.4 Å². The van der Waals surface area contributed by atoms with Crippen LogP contribution in [0.3, 0.4) is 0 Å². The first-order valence-corrected chi connectivity index (χ1v) is 13.2. The van der Waals surface area contributed by atoms with E-state index < -0.39 is 21.9 Å². The lowest BCUT2D eigenvalue weighted by Crippen LogP contribution is -2.47. The summed E-state index contributed by atoms with van der Waals surface area (Å²) in [4.78, 5) is 4.05. The standard InChI is InChI=1S/C27H36N4O3S/c1-26(2,29-20-25(32)23-11-8-16-28-19-23)17-22-12-14-24(15-13-22)30-35(33,34)31-27(3,4)18-21-9-6-5-7-10-21/h5-16,19,25,29-32H,17-18,20H2,1-4H3. The summed E-state index contributed by atoms with van der Waals surface area (Å²) in [6.45, 7) is 8.27. The van der Waals surface area contributed by atoms with E-state index in [1.165, 1.54) is 0 Å². The Hall–Kier alpha value is -2.78. The maximum atomic E-state index is 12.7. The third-order valence-electron chi connectivity index (χ3n) is 5.59. The molecule has 7 nitrogen and oxygen atoms in total. The predicted molar refractivity (Wildman–Crippen MR) is 141 cm³/mol. The number of nitrogens with one attached hydrogen (secondary N) is 3. The Labute approximate surface area is 209 Å². The largest absolute Gasteiger partial charge is 0.387 e. The zero-order chi connectivity index (χ0) is 25.5. The third-order valence-corrected chi connectivity index (χ3v) is 6.92. The number of rotatable bonds is 12. The Kier molecular flexibility index (Phi) is 8.66. The molecule has 1 atom stereocenters. The van der Waals surface area contributed by atoms with Gasteiger partial charge in [0.15, 0.2) is 0 Å². The minimum atomic E-state index is -3.75. The van der Waals surface area contributed by atoms with Crippen molar-refractivity contribution in [2.75, 3.05) is 11.3 Å². The SMILES string of the molecule is CC(C)(Cc1ccc(NS(=O)(=O)NC(C)(C)Cc2ccccc2)cc1)NCC(O)c1cccnc1. The highest BCUT2D eigenvalue weighted by Crippen LogP contribution is 2.19. The molecular formula is C27H36N4O3S. The van der Waals surface area contributed by atoms with Crippen molar-refractivity contribution in [3.63, 3.8) is 0 Å². The fraction of sp³-hybridized carbons (Fsp3) is 0.370. The van der Waals surface area contributed by atoms with Gasteiger partial charge in [0, 0.05) is 41.3 Å². The fourth-order valence-corrected chi connectivity index (χ4v) is 5.31. The molecule has 0 aliphatic carbocycles. The molecule has 0 bridgehead atoms. The van der Waals surface area contributed by atoms with Gasteiger partial charge in [-0.1, -0.05) is 48.5 Å². The van der Waals surface area contributed by atoms with E-state index in [1.54, 1.807) is 30.6 Å². The smallest absolute Gasteiger partial charge is 0.299 e. The summed E-state index contributed by atoms with van der Waals surface area (Å²) in [6.07, 6.45) is 3.99. The van der Waals surface area contributed by atoms with Crippen molar-refractivity contribution in [1.29, 1.82) is 0 Å². The zero-order valence-electron chi connectivity index (χ0n) is 20.8. The highest BCUT2D eigenvalue weighted by molar-refractivity contribution is 7.90. The lowest BCUT2D eigenvalue weighted by atomic mass is 9.94. The van der Waals surface area contributed by atoms with Gasteiger partial charge in [0.2, 0.25) is 0 Å². The molecule has 1 aromatic heterocycles. The number of anilines is 1. The predicted octanol–water partition coefficient (Wildman–Crippen LogP) is 3.99. The van der Waals surface area contributed by atoms with E-state index in [2.05, 4.69) is 33.6 Å². The summed E-state index contributed by atoms with van der Waals surface area (Å²) in [6, 6.07) is 20.8. The summed E-state index contributed by atoms with van der Waals surface area (Å²) in [7, 11) is -3.75. The van der Waals surface area contributed by atoms with E-state index >= 15 is 0 Å². The molecule has 0 spiro atoms. The van der Waals surface area contributed by atoms with Crippen LogP contribution < -0.4 is 14.8 Å². The highest BCUT2D eigenvalue weighted by Gasteiger charge is 2.25. The maximum Gasteiger partial charge on any atom is 0.299 e. The lowest BCUT2D eigenvalue weighted by Gasteiger charge is -2.28. The second-order valence-electron chi connectivity index (χ2n) is 10.2. The molecule has 35 heavy (non-hydrogen) atoms. The summed E-state index contributed by atoms with van der Waals surface area (Å²) in [5.41, 5.74) is 2.46. The Balaban J connectivity index is 1.53. The van der Waals surface area contributed by atoms with Crippen molar-refractivity contribution in [3.05, 3.63) is 95.8 Å². The van der Waals surface area contributed by atoms with Crippen molar-refractivity contribution in [2.45, 2.75) is 57.7 Å². The molecule has 0 aliphatic rings. The fourth-order valence-electron chi connectivity index (χ4n) is 4.01. The Bertz CT molecular complexity index is 1170. The number of nitrogens with zero attached hydrogens (tertiary/aromatic N) is 1. The molecule has 0 saturated heterocycles. The number of benzene rings is 2. The van der Waals surface area contributed by atoms with Crippen molar-refractivity contribution >= 4 is 15.9 Å². The number of hydrogen-bond donors (Lipinski definition) is 4. The minimum absolute atomic E-state index is 0.271. The van der Waals surface area contributed by atoms with Gasteiger partial charge in [-0.15, -0.1) is 0 Å². The number of aliphatic hydroxyl groups is 1. The lowest BCUT2D eigenvalue weighted by molar-refractivity contribution is 0.160. The van der Waals surface area contributed by atoms with E-state index in [0.717, 1.165) is 16.7 Å². The van der Waals surface area contributed by atoms with Crippen LogP contribution in [0.4, 0.5) is 5.69 Å². The quantitative estimate of drug-likeness (QED) is 0.304. The molecule has 0 radical (unpaired) electrons. The van der Waals surface area contributed by atoms with Crippen molar-refractivity contribution in [2.24, 2.45) is 0 Å². The molecule has 8 heteroatoms. The Morgan fingerprint density at radius 2 is 1.49 bits per heavy atom. The van der Waals surface area contributed by atoms with Crippen LogP contribution in [0.1, 0.15) is 50.5 Å². The topological polar surface area (TPSA) is 103 Å². The number of β-amino-alcohol motifs (C(OH)–C–C–N with tert-alkyl or cyclic N) is 1. The van der Waals surface area contributed by atoms with E-state index in [-0.39, 0.29) is 5.54 Å².